The summed E-state index contributed by atoms with van der Waals surface area (Å²) >= 11 is 0. The summed E-state index contributed by atoms with van der Waals surface area (Å²) in [5, 5.41) is 4.06. The molecule has 0 bridgehead atoms. The second-order valence-corrected chi connectivity index (χ2v) is 6.27. The van der Waals surface area contributed by atoms with E-state index >= 15 is 0 Å². The Kier molecular flexibility index (Phi) is 5.23. The number of ketones is 1. The van der Waals surface area contributed by atoms with Gasteiger partial charge in [0.15, 0.2) is 0 Å². The third-order valence-corrected chi connectivity index (χ3v) is 4.61. The van der Waals surface area contributed by atoms with Gasteiger partial charge in [-0.1, -0.05) is 48.8 Å². The monoisotopic (exact) mass is 312 g/mol. The standard InChI is InChI=1S/C19H24N2O2/c1-2-15(14-21-11-7-4-8-12-21)19(22)18-13-17(20-23-18)16-9-5-3-6-10-16/h3,5-6,9-10,13,15H,2,4,7-8,11-12,14H2,1H3. The van der Waals surface area contributed by atoms with E-state index < -0.39 is 0 Å². The lowest BCUT2D eigenvalue weighted by atomic mass is 9.97. The van der Waals surface area contributed by atoms with Crippen molar-refractivity contribution in [2.24, 2.45) is 5.92 Å². The van der Waals surface area contributed by atoms with E-state index in [2.05, 4.69) is 17.0 Å². The smallest absolute Gasteiger partial charge is 0.205 e. The van der Waals surface area contributed by atoms with E-state index in [4.69, 9.17) is 4.52 Å². The van der Waals surface area contributed by atoms with Crippen LogP contribution in [0.3, 0.4) is 0 Å². The van der Waals surface area contributed by atoms with Gasteiger partial charge in [0.25, 0.3) is 0 Å². The van der Waals surface area contributed by atoms with Crippen LogP contribution in [0.2, 0.25) is 0 Å². The number of hydrogen-bond donors (Lipinski definition) is 0. The van der Waals surface area contributed by atoms with E-state index in [1.165, 1.54) is 19.3 Å². The minimum absolute atomic E-state index is 0.00956. The highest BCUT2D eigenvalue weighted by molar-refractivity contribution is 5.96. The van der Waals surface area contributed by atoms with Gasteiger partial charge in [-0.2, -0.15) is 0 Å². The molecule has 1 aromatic heterocycles. The van der Waals surface area contributed by atoms with Crippen LogP contribution in [0.5, 0.6) is 0 Å². The van der Waals surface area contributed by atoms with E-state index in [1.54, 1.807) is 6.07 Å². The first-order valence-electron chi connectivity index (χ1n) is 8.56. The van der Waals surface area contributed by atoms with Gasteiger partial charge in [-0.25, -0.2) is 0 Å². The maximum absolute atomic E-state index is 12.7. The number of aromatic nitrogens is 1. The van der Waals surface area contributed by atoms with Crippen molar-refractivity contribution in [1.29, 1.82) is 0 Å². The van der Waals surface area contributed by atoms with Gasteiger partial charge in [0.05, 0.1) is 0 Å². The highest BCUT2D eigenvalue weighted by Gasteiger charge is 2.25. The average Bonchev–Trinajstić information content (AvgIpc) is 3.11. The van der Waals surface area contributed by atoms with Crippen molar-refractivity contribution in [3.63, 3.8) is 0 Å². The quantitative estimate of drug-likeness (QED) is 0.755. The van der Waals surface area contributed by atoms with Crippen molar-refractivity contribution >= 4 is 5.78 Å². The highest BCUT2D eigenvalue weighted by atomic mass is 16.5. The Morgan fingerprint density at radius 2 is 1.96 bits per heavy atom. The summed E-state index contributed by atoms with van der Waals surface area (Å²) in [4.78, 5) is 15.1. The number of benzene rings is 1. The highest BCUT2D eigenvalue weighted by Crippen LogP contribution is 2.22. The molecule has 1 fully saturated rings. The summed E-state index contributed by atoms with van der Waals surface area (Å²) in [6.07, 6.45) is 4.62. The normalized spacial score (nSPS) is 17.1. The van der Waals surface area contributed by atoms with E-state index in [1.807, 2.05) is 30.3 Å². The number of likely N-dealkylation sites (tertiary alicyclic amines) is 1. The van der Waals surface area contributed by atoms with Gasteiger partial charge in [-0.05, 0) is 32.4 Å². The van der Waals surface area contributed by atoms with Crippen molar-refractivity contribution in [3.05, 3.63) is 42.2 Å². The molecule has 1 saturated heterocycles. The van der Waals surface area contributed by atoms with E-state index in [0.717, 1.165) is 37.3 Å². The molecule has 2 aromatic rings. The molecule has 23 heavy (non-hydrogen) atoms. The van der Waals surface area contributed by atoms with E-state index in [9.17, 15) is 4.79 Å². The molecule has 2 heterocycles. The first kappa shape index (κ1) is 15.9. The molecule has 4 heteroatoms. The number of hydrogen-bond acceptors (Lipinski definition) is 4. The minimum Gasteiger partial charge on any atom is -0.352 e. The number of carbonyl (C=O) groups is 1. The Hall–Kier alpha value is -1.94. The molecule has 1 unspecified atom stereocenters. The molecular weight excluding hydrogens is 288 g/mol. The lowest BCUT2D eigenvalue weighted by Gasteiger charge is -2.29. The van der Waals surface area contributed by atoms with Crippen LogP contribution in [0.15, 0.2) is 40.9 Å². The van der Waals surface area contributed by atoms with Crippen molar-refractivity contribution < 1.29 is 9.32 Å². The van der Waals surface area contributed by atoms with Crippen LogP contribution in [-0.4, -0.2) is 35.5 Å². The first-order chi connectivity index (χ1) is 11.3. The SMILES string of the molecule is CCC(CN1CCCCC1)C(=O)c1cc(-c2ccccc2)no1. The van der Waals surface area contributed by atoms with Gasteiger partial charge < -0.3 is 9.42 Å². The number of carbonyl (C=O) groups excluding carboxylic acids is 1. The molecule has 1 aromatic carbocycles. The zero-order valence-corrected chi connectivity index (χ0v) is 13.7. The molecule has 0 saturated carbocycles. The summed E-state index contributed by atoms with van der Waals surface area (Å²) < 4.78 is 5.33. The molecule has 1 aliphatic rings. The maximum atomic E-state index is 12.7. The fourth-order valence-electron chi connectivity index (χ4n) is 3.19. The molecule has 4 nitrogen and oxygen atoms in total. The predicted molar refractivity (Wildman–Crippen MR) is 90.3 cm³/mol. The van der Waals surface area contributed by atoms with Crippen molar-refractivity contribution in [3.8, 4) is 11.3 Å². The Morgan fingerprint density at radius 3 is 2.65 bits per heavy atom. The van der Waals surface area contributed by atoms with E-state index in [0.29, 0.717) is 5.76 Å². The minimum atomic E-state index is -0.00956. The van der Waals surface area contributed by atoms with Crippen molar-refractivity contribution in [1.82, 2.24) is 10.1 Å². The van der Waals surface area contributed by atoms with Crippen LogP contribution < -0.4 is 0 Å². The first-order valence-corrected chi connectivity index (χ1v) is 8.56. The third-order valence-electron chi connectivity index (χ3n) is 4.61. The molecule has 0 spiro atoms. The summed E-state index contributed by atoms with van der Waals surface area (Å²) in [6, 6.07) is 11.6. The van der Waals surface area contributed by atoms with Crippen LogP contribution >= 0.6 is 0 Å². The Labute approximate surface area is 137 Å². The van der Waals surface area contributed by atoms with Gasteiger partial charge >= 0.3 is 0 Å². The molecule has 1 atom stereocenters. The molecule has 122 valence electrons. The Bertz CT molecular complexity index is 630. The van der Waals surface area contributed by atoms with Gasteiger partial charge in [0.2, 0.25) is 11.5 Å². The summed E-state index contributed by atoms with van der Waals surface area (Å²) in [7, 11) is 0. The number of rotatable bonds is 6. The van der Waals surface area contributed by atoms with Crippen LogP contribution in [0.1, 0.15) is 43.2 Å². The lowest BCUT2D eigenvalue weighted by molar-refractivity contribution is 0.0826. The van der Waals surface area contributed by atoms with Crippen molar-refractivity contribution in [2.75, 3.05) is 19.6 Å². The second kappa shape index (κ2) is 7.55. The fourth-order valence-corrected chi connectivity index (χ4v) is 3.19. The molecule has 0 N–H and O–H groups in total. The van der Waals surface area contributed by atoms with E-state index in [-0.39, 0.29) is 11.7 Å². The van der Waals surface area contributed by atoms with Gasteiger partial charge in [0.1, 0.15) is 5.69 Å². The molecule has 0 amide bonds. The van der Waals surface area contributed by atoms with Gasteiger partial charge in [0, 0.05) is 24.1 Å². The molecule has 0 aliphatic carbocycles. The van der Waals surface area contributed by atoms with Crippen LogP contribution in [0.25, 0.3) is 11.3 Å². The topological polar surface area (TPSA) is 46.3 Å². The largest absolute Gasteiger partial charge is 0.352 e. The van der Waals surface area contributed by atoms with Gasteiger partial charge in [-0.3, -0.25) is 4.79 Å². The Morgan fingerprint density at radius 1 is 1.22 bits per heavy atom. The second-order valence-electron chi connectivity index (χ2n) is 6.27. The molecular formula is C19H24N2O2. The van der Waals surface area contributed by atoms with Crippen molar-refractivity contribution in [2.45, 2.75) is 32.6 Å². The Balaban J connectivity index is 1.69. The van der Waals surface area contributed by atoms with Crippen LogP contribution in [0, 0.1) is 5.92 Å². The fraction of sp³-hybridized carbons (Fsp3) is 0.474. The molecule has 0 radical (unpaired) electrons. The zero-order valence-electron chi connectivity index (χ0n) is 13.7. The predicted octanol–water partition coefficient (Wildman–Crippen LogP) is 4.04. The van der Waals surface area contributed by atoms with Crippen LogP contribution in [0.4, 0.5) is 0 Å². The number of Topliss-reactive ketones (excluding diaryl/α,β-unsaturated/α-hetero) is 1. The lowest BCUT2D eigenvalue weighted by Crippen LogP contribution is -2.36. The zero-order chi connectivity index (χ0) is 16.1. The van der Waals surface area contributed by atoms with Crippen LogP contribution in [-0.2, 0) is 0 Å². The average molecular weight is 312 g/mol. The molecule has 1 aliphatic heterocycles. The number of piperidine rings is 1. The summed E-state index contributed by atoms with van der Waals surface area (Å²) in [5.41, 5.74) is 1.70. The van der Waals surface area contributed by atoms with Gasteiger partial charge in [-0.15, -0.1) is 0 Å². The molecule has 3 rings (SSSR count). The number of nitrogens with zero attached hydrogens (tertiary/aromatic N) is 2. The third kappa shape index (κ3) is 3.88. The maximum Gasteiger partial charge on any atom is 0.205 e. The summed E-state index contributed by atoms with van der Waals surface area (Å²) in [6.45, 7) is 5.11. The summed E-state index contributed by atoms with van der Waals surface area (Å²) in [5.74, 6) is 0.449.